The number of aryl methyl sites for hydroxylation is 1. The van der Waals surface area contributed by atoms with E-state index in [1.54, 1.807) is 26.4 Å². The number of aromatic nitrogens is 4. The molecule has 3 heterocycles. The maximum Gasteiger partial charge on any atom is 0.274 e. The van der Waals surface area contributed by atoms with Crippen molar-refractivity contribution in [1.29, 1.82) is 0 Å². The van der Waals surface area contributed by atoms with E-state index in [0.29, 0.717) is 24.4 Å². The van der Waals surface area contributed by atoms with Gasteiger partial charge >= 0.3 is 0 Å². The second kappa shape index (κ2) is 6.53. The molecule has 4 rings (SSSR count). The van der Waals surface area contributed by atoms with Crippen LogP contribution in [0.15, 0.2) is 35.4 Å². The van der Waals surface area contributed by atoms with E-state index in [-0.39, 0.29) is 17.5 Å². The minimum atomic E-state index is -0.0400. The standard InChI is InChI=1S/C19H22N6O2/c1-12-11-24(13(2)26)6-7-25(12)19-20-9-15(10-21-19)14-4-5-16-17(8-14)22-23(3)18(16)27/h4-5,8-10,12,22H,6-7,11H2,1-3H3/t12-/m1/s1. The van der Waals surface area contributed by atoms with Gasteiger partial charge in [-0.15, -0.1) is 0 Å². The first-order chi connectivity index (χ1) is 12.9. The highest BCUT2D eigenvalue weighted by Crippen LogP contribution is 2.23. The lowest BCUT2D eigenvalue weighted by Crippen LogP contribution is -2.53. The number of hydrogen-bond donors (Lipinski definition) is 1. The average molecular weight is 366 g/mol. The highest BCUT2D eigenvalue weighted by molar-refractivity contribution is 5.83. The van der Waals surface area contributed by atoms with Crippen LogP contribution in [0.4, 0.5) is 5.95 Å². The summed E-state index contributed by atoms with van der Waals surface area (Å²) in [5.74, 6) is 0.774. The van der Waals surface area contributed by atoms with Crippen molar-refractivity contribution >= 4 is 22.8 Å². The molecule has 2 aromatic heterocycles. The van der Waals surface area contributed by atoms with Gasteiger partial charge in [0.05, 0.1) is 10.9 Å². The fraction of sp³-hybridized carbons (Fsp3) is 0.368. The summed E-state index contributed by atoms with van der Waals surface area (Å²) in [6.07, 6.45) is 3.60. The predicted octanol–water partition coefficient (Wildman–Crippen LogP) is 1.38. The Morgan fingerprint density at radius 3 is 2.59 bits per heavy atom. The number of anilines is 1. The molecule has 1 atom stereocenters. The van der Waals surface area contributed by atoms with Crippen LogP contribution in [0.1, 0.15) is 13.8 Å². The monoisotopic (exact) mass is 366 g/mol. The normalized spacial score (nSPS) is 17.5. The first kappa shape index (κ1) is 17.3. The largest absolute Gasteiger partial charge is 0.339 e. The molecule has 1 N–H and O–H groups in total. The van der Waals surface area contributed by atoms with E-state index in [1.165, 1.54) is 4.68 Å². The van der Waals surface area contributed by atoms with Gasteiger partial charge < -0.3 is 9.80 Å². The summed E-state index contributed by atoms with van der Waals surface area (Å²) < 4.78 is 1.47. The molecule has 0 unspecified atom stereocenters. The Balaban J connectivity index is 1.57. The maximum absolute atomic E-state index is 12.0. The van der Waals surface area contributed by atoms with Crippen molar-refractivity contribution in [2.75, 3.05) is 24.5 Å². The first-order valence-electron chi connectivity index (χ1n) is 8.97. The third-order valence-electron chi connectivity index (χ3n) is 5.14. The molecule has 1 aliphatic heterocycles. The van der Waals surface area contributed by atoms with Gasteiger partial charge in [-0.3, -0.25) is 19.4 Å². The van der Waals surface area contributed by atoms with Crippen molar-refractivity contribution < 1.29 is 4.79 Å². The summed E-state index contributed by atoms with van der Waals surface area (Å²) in [5, 5.41) is 3.70. The quantitative estimate of drug-likeness (QED) is 0.740. The fourth-order valence-electron chi connectivity index (χ4n) is 3.57. The van der Waals surface area contributed by atoms with Crippen LogP contribution in [-0.4, -0.2) is 56.2 Å². The number of benzene rings is 1. The Bertz CT molecular complexity index is 1050. The fourth-order valence-corrected chi connectivity index (χ4v) is 3.57. The van der Waals surface area contributed by atoms with E-state index in [0.717, 1.165) is 23.2 Å². The summed E-state index contributed by atoms with van der Waals surface area (Å²) in [4.78, 5) is 36.6. The lowest BCUT2D eigenvalue weighted by atomic mass is 10.1. The van der Waals surface area contributed by atoms with Crippen molar-refractivity contribution in [3.63, 3.8) is 0 Å². The number of nitrogens with zero attached hydrogens (tertiary/aromatic N) is 5. The number of aromatic amines is 1. The molecule has 1 fully saturated rings. The Morgan fingerprint density at radius 1 is 1.19 bits per heavy atom. The van der Waals surface area contributed by atoms with Crippen LogP contribution >= 0.6 is 0 Å². The summed E-state index contributed by atoms with van der Waals surface area (Å²) in [6.45, 7) is 5.76. The summed E-state index contributed by atoms with van der Waals surface area (Å²) in [7, 11) is 1.70. The summed E-state index contributed by atoms with van der Waals surface area (Å²) in [5.41, 5.74) is 2.59. The minimum Gasteiger partial charge on any atom is -0.339 e. The highest BCUT2D eigenvalue weighted by atomic mass is 16.2. The van der Waals surface area contributed by atoms with Gasteiger partial charge in [0.2, 0.25) is 11.9 Å². The molecular weight excluding hydrogens is 344 g/mol. The number of carbonyl (C=O) groups is 1. The Morgan fingerprint density at radius 2 is 1.93 bits per heavy atom. The van der Waals surface area contributed by atoms with Crippen molar-refractivity contribution in [3.8, 4) is 11.1 Å². The Labute approximate surface area is 156 Å². The number of amides is 1. The second-order valence-electron chi connectivity index (χ2n) is 7.02. The summed E-state index contributed by atoms with van der Waals surface area (Å²) in [6, 6.07) is 5.83. The molecule has 0 radical (unpaired) electrons. The van der Waals surface area contributed by atoms with Gasteiger partial charge in [-0.1, -0.05) is 6.07 Å². The molecule has 140 valence electrons. The van der Waals surface area contributed by atoms with E-state index < -0.39 is 0 Å². The molecule has 27 heavy (non-hydrogen) atoms. The van der Waals surface area contributed by atoms with Crippen LogP contribution in [0, 0.1) is 0 Å². The van der Waals surface area contributed by atoms with Crippen LogP contribution in [0.3, 0.4) is 0 Å². The Kier molecular flexibility index (Phi) is 4.18. The van der Waals surface area contributed by atoms with Crippen LogP contribution in [0.5, 0.6) is 0 Å². The average Bonchev–Trinajstić information content (AvgIpc) is 2.95. The topological polar surface area (TPSA) is 87.1 Å². The number of nitrogens with one attached hydrogen (secondary N) is 1. The number of H-pyrrole nitrogens is 1. The molecule has 8 heteroatoms. The van der Waals surface area contributed by atoms with Crippen molar-refractivity contribution in [2.24, 2.45) is 7.05 Å². The third kappa shape index (κ3) is 3.07. The zero-order valence-corrected chi connectivity index (χ0v) is 15.6. The molecular formula is C19H22N6O2. The van der Waals surface area contributed by atoms with Gasteiger partial charge in [-0.05, 0) is 24.6 Å². The molecule has 1 aliphatic rings. The number of hydrogen-bond acceptors (Lipinski definition) is 5. The number of carbonyl (C=O) groups excluding carboxylic acids is 1. The van der Waals surface area contributed by atoms with E-state index in [2.05, 4.69) is 26.9 Å². The van der Waals surface area contributed by atoms with E-state index in [1.807, 2.05) is 23.1 Å². The second-order valence-corrected chi connectivity index (χ2v) is 7.02. The molecule has 0 saturated carbocycles. The van der Waals surface area contributed by atoms with Crippen LogP contribution in [0.25, 0.3) is 22.0 Å². The molecule has 1 saturated heterocycles. The van der Waals surface area contributed by atoms with E-state index >= 15 is 0 Å². The van der Waals surface area contributed by atoms with Crippen molar-refractivity contribution in [2.45, 2.75) is 19.9 Å². The minimum absolute atomic E-state index is 0.0400. The number of fused-ring (bicyclic) bond motifs is 1. The van der Waals surface area contributed by atoms with E-state index in [9.17, 15) is 9.59 Å². The number of rotatable bonds is 2. The first-order valence-corrected chi connectivity index (χ1v) is 8.97. The van der Waals surface area contributed by atoms with Crippen molar-refractivity contribution in [1.82, 2.24) is 24.6 Å². The Hall–Kier alpha value is -3.16. The lowest BCUT2D eigenvalue weighted by Gasteiger charge is -2.39. The molecule has 0 bridgehead atoms. The highest BCUT2D eigenvalue weighted by Gasteiger charge is 2.26. The van der Waals surface area contributed by atoms with Gasteiger partial charge in [-0.25, -0.2) is 9.97 Å². The maximum atomic E-state index is 12.0. The van der Waals surface area contributed by atoms with E-state index in [4.69, 9.17) is 0 Å². The molecule has 1 amide bonds. The van der Waals surface area contributed by atoms with Crippen LogP contribution in [0.2, 0.25) is 0 Å². The predicted molar refractivity (Wildman–Crippen MR) is 104 cm³/mol. The van der Waals surface area contributed by atoms with Crippen LogP contribution < -0.4 is 10.5 Å². The van der Waals surface area contributed by atoms with Crippen molar-refractivity contribution in [3.05, 3.63) is 40.9 Å². The van der Waals surface area contributed by atoms with Gasteiger partial charge in [0.1, 0.15) is 0 Å². The molecule has 0 aliphatic carbocycles. The van der Waals surface area contributed by atoms with Gasteiger partial charge in [0.25, 0.3) is 5.56 Å². The van der Waals surface area contributed by atoms with Gasteiger partial charge in [-0.2, -0.15) is 0 Å². The van der Waals surface area contributed by atoms with Gasteiger partial charge in [0, 0.05) is 57.6 Å². The number of piperazine rings is 1. The lowest BCUT2D eigenvalue weighted by molar-refractivity contribution is -0.129. The molecule has 1 aromatic carbocycles. The SMILES string of the molecule is CC(=O)N1CCN(c2ncc(-c3ccc4c(=O)n(C)[nH]c4c3)cn2)[C@H](C)C1. The molecule has 3 aromatic rings. The summed E-state index contributed by atoms with van der Waals surface area (Å²) >= 11 is 0. The zero-order valence-electron chi connectivity index (χ0n) is 15.6. The third-order valence-corrected chi connectivity index (χ3v) is 5.14. The van der Waals surface area contributed by atoms with Gasteiger partial charge in [0.15, 0.2) is 0 Å². The van der Waals surface area contributed by atoms with Crippen LogP contribution in [-0.2, 0) is 11.8 Å². The smallest absolute Gasteiger partial charge is 0.274 e. The molecule has 0 spiro atoms. The zero-order chi connectivity index (χ0) is 19.1. The molecule has 8 nitrogen and oxygen atoms in total.